The van der Waals surface area contributed by atoms with Crippen molar-refractivity contribution in [2.75, 3.05) is 33.3 Å². The highest BCUT2D eigenvalue weighted by molar-refractivity contribution is 5.98. The second-order valence-electron chi connectivity index (χ2n) is 6.23. The van der Waals surface area contributed by atoms with Crippen LogP contribution >= 0.6 is 0 Å². The third-order valence-electron chi connectivity index (χ3n) is 4.64. The van der Waals surface area contributed by atoms with E-state index in [1.807, 2.05) is 35.2 Å². The molecule has 1 aliphatic heterocycles. The summed E-state index contributed by atoms with van der Waals surface area (Å²) >= 11 is 0. The summed E-state index contributed by atoms with van der Waals surface area (Å²) in [6, 6.07) is 10.0. The third kappa shape index (κ3) is 3.43. The van der Waals surface area contributed by atoms with Crippen LogP contribution in [-0.2, 0) is 9.53 Å². The summed E-state index contributed by atoms with van der Waals surface area (Å²) in [6.07, 6.45) is 0.386. The van der Waals surface area contributed by atoms with E-state index >= 15 is 0 Å². The Kier molecular flexibility index (Phi) is 4.85. The van der Waals surface area contributed by atoms with Gasteiger partial charge in [-0.1, -0.05) is 18.2 Å². The van der Waals surface area contributed by atoms with E-state index in [-0.39, 0.29) is 17.9 Å². The van der Waals surface area contributed by atoms with Crippen molar-refractivity contribution in [1.29, 1.82) is 0 Å². The number of hydrogen-bond acceptors (Lipinski definition) is 4. The first-order valence-electron chi connectivity index (χ1n) is 8.26. The topological polar surface area (TPSA) is 65.6 Å². The van der Waals surface area contributed by atoms with Crippen molar-refractivity contribution in [2.45, 2.75) is 19.4 Å². The summed E-state index contributed by atoms with van der Waals surface area (Å²) in [5.41, 5.74) is 1.61. The zero-order valence-corrected chi connectivity index (χ0v) is 14.1. The van der Waals surface area contributed by atoms with Crippen LogP contribution in [0.4, 0.5) is 0 Å². The number of hydrogen-bond donors (Lipinski definition) is 1. The molecule has 1 unspecified atom stereocenters. The Balaban J connectivity index is 1.62. The number of esters is 1. The lowest BCUT2D eigenvalue weighted by molar-refractivity contribution is -0.141. The first-order valence-corrected chi connectivity index (χ1v) is 8.26. The minimum atomic E-state index is -0.196. The highest BCUT2D eigenvalue weighted by atomic mass is 16.5. The van der Waals surface area contributed by atoms with Crippen LogP contribution in [0.2, 0.25) is 0 Å². The number of nitrogens with zero attached hydrogens (tertiary/aromatic N) is 2. The van der Waals surface area contributed by atoms with E-state index in [4.69, 9.17) is 0 Å². The van der Waals surface area contributed by atoms with Crippen molar-refractivity contribution in [3.63, 3.8) is 0 Å². The molecule has 6 nitrogen and oxygen atoms in total. The molecule has 0 aliphatic carbocycles. The fourth-order valence-corrected chi connectivity index (χ4v) is 3.21. The monoisotopic (exact) mass is 329 g/mol. The summed E-state index contributed by atoms with van der Waals surface area (Å²) in [5, 5.41) is 1.05. The molecule has 1 amide bonds. The Labute approximate surface area is 141 Å². The predicted octanol–water partition coefficient (Wildman–Crippen LogP) is 1.88. The number of benzene rings is 1. The number of nitrogens with one attached hydrogen (secondary N) is 1. The fourth-order valence-electron chi connectivity index (χ4n) is 3.21. The molecular formula is C18H23N3O3. The standard InChI is InChI=1S/C18H23N3O3/c1-13-12-21(10-9-20(13)8-7-17(22)24-2)18(23)16-11-14-5-3-4-6-15(14)19-16/h3-6,11,13,19H,7-10,12H2,1-2H3. The van der Waals surface area contributed by atoms with Crippen LogP contribution in [0.5, 0.6) is 0 Å². The second kappa shape index (κ2) is 7.05. The first-order chi connectivity index (χ1) is 11.6. The zero-order chi connectivity index (χ0) is 17.1. The summed E-state index contributed by atoms with van der Waals surface area (Å²) in [5.74, 6) is -0.163. The minimum absolute atomic E-state index is 0.0330. The minimum Gasteiger partial charge on any atom is -0.469 e. The Morgan fingerprint density at radius 2 is 2.08 bits per heavy atom. The number of aromatic nitrogens is 1. The van der Waals surface area contributed by atoms with E-state index in [0.717, 1.165) is 17.4 Å². The number of amides is 1. The average Bonchev–Trinajstić information content (AvgIpc) is 3.03. The Bertz CT molecular complexity index is 707. The molecule has 24 heavy (non-hydrogen) atoms. The molecule has 0 bridgehead atoms. The molecule has 1 aliphatic rings. The molecule has 1 N–H and O–H groups in total. The lowest BCUT2D eigenvalue weighted by atomic mass is 10.1. The van der Waals surface area contributed by atoms with Crippen molar-refractivity contribution >= 4 is 22.8 Å². The molecule has 6 heteroatoms. The van der Waals surface area contributed by atoms with Gasteiger partial charge < -0.3 is 14.6 Å². The van der Waals surface area contributed by atoms with Crippen LogP contribution in [0, 0.1) is 0 Å². The fraction of sp³-hybridized carbons (Fsp3) is 0.444. The maximum atomic E-state index is 12.7. The SMILES string of the molecule is COC(=O)CCN1CCN(C(=O)c2cc3ccccc3[nH]2)CC1C. The van der Waals surface area contributed by atoms with Crippen molar-refractivity contribution in [3.8, 4) is 0 Å². The van der Waals surface area contributed by atoms with Crippen molar-refractivity contribution in [1.82, 2.24) is 14.8 Å². The number of carbonyl (C=O) groups excluding carboxylic acids is 2. The van der Waals surface area contributed by atoms with Crippen molar-refractivity contribution in [3.05, 3.63) is 36.0 Å². The molecular weight excluding hydrogens is 306 g/mol. The number of rotatable bonds is 4. The molecule has 2 heterocycles. The first kappa shape index (κ1) is 16.5. The molecule has 1 aromatic carbocycles. The van der Waals surface area contributed by atoms with Gasteiger partial charge in [0.2, 0.25) is 0 Å². The van der Waals surface area contributed by atoms with Gasteiger partial charge in [-0.25, -0.2) is 0 Å². The van der Waals surface area contributed by atoms with E-state index < -0.39 is 0 Å². The maximum absolute atomic E-state index is 12.7. The number of carbonyl (C=O) groups is 2. The summed E-state index contributed by atoms with van der Waals surface area (Å²) in [7, 11) is 1.41. The number of para-hydroxylation sites is 1. The van der Waals surface area contributed by atoms with Gasteiger partial charge in [0, 0.05) is 43.1 Å². The van der Waals surface area contributed by atoms with Gasteiger partial charge in [-0.05, 0) is 19.1 Å². The number of aromatic amines is 1. The lowest BCUT2D eigenvalue weighted by Gasteiger charge is -2.39. The van der Waals surface area contributed by atoms with Gasteiger partial charge in [0.25, 0.3) is 5.91 Å². The summed E-state index contributed by atoms with van der Waals surface area (Å²) in [6.45, 7) is 4.85. The van der Waals surface area contributed by atoms with Crippen molar-refractivity contribution < 1.29 is 14.3 Å². The molecule has 3 rings (SSSR count). The summed E-state index contributed by atoms with van der Waals surface area (Å²) < 4.78 is 4.69. The zero-order valence-electron chi connectivity index (χ0n) is 14.1. The van der Waals surface area contributed by atoms with Gasteiger partial charge in [-0.3, -0.25) is 14.5 Å². The number of methoxy groups -OCH3 is 1. The predicted molar refractivity (Wildman–Crippen MR) is 91.9 cm³/mol. The average molecular weight is 329 g/mol. The third-order valence-corrected chi connectivity index (χ3v) is 4.64. The van der Waals surface area contributed by atoms with Gasteiger partial charge in [-0.15, -0.1) is 0 Å². The van der Waals surface area contributed by atoms with Crippen LogP contribution in [0.1, 0.15) is 23.8 Å². The van der Waals surface area contributed by atoms with Crippen LogP contribution in [-0.4, -0.2) is 66.0 Å². The van der Waals surface area contributed by atoms with Gasteiger partial charge >= 0.3 is 5.97 Å². The van der Waals surface area contributed by atoms with E-state index in [1.54, 1.807) is 0 Å². The quantitative estimate of drug-likeness (QED) is 0.870. The van der Waals surface area contributed by atoms with Crippen LogP contribution < -0.4 is 0 Å². The smallest absolute Gasteiger partial charge is 0.306 e. The van der Waals surface area contributed by atoms with Gasteiger partial charge in [0.15, 0.2) is 0 Å². The van der Waals surface area contributed by atoms with Gasteiger partial charge in [0.05, 0.1) is 13.5 Å². The van der Waals surface area contributed by atoms with E-state index in [0.29, 0.717) is 31.7 Å². The van der Waals surface area contributed by atoms with Gasteiger partial charge in [-0.2, -0.15) is 0 Å². The largest absolute Gasteiger partial charge is 0.469 e. The molecule has 0 saturated carbocycles. The maximum Gasteiger partial charge on any atom is 0.306 e. The molecule has 1 fully saturated rings. The van der Waals surface area contributed by atoms with Crippen LogP contribution in [0.25, 0.3) is 10.9 Å². The Hall–Kier alpha value is -2.34. The van der Waals surface area contributed by atoms with Crippen molar-refractivity contribution in [2.24, 2.45) is 0 Å². The summed E-state index contributed by atoms with van der Waals surface area (Å²) in [4.78, 5) is 31.3. The highest BCUT2D eigenvalue weighted by Crippen LogP contribution is 2.18. The highest BCUT2D eigenvalue weighted by Gasteiger charge is 2.28. The van der Waals surface area contributed by atoms with E-state index in [1.165, 1.54) is 7.11 Å². The lowest BCUT2D eigenvalue weighted by Crippen LogP contribution is -2.54. The Morgan fingerprint density at radius 1 is 1.29 bits per heavy atom. The Morgan fingerprint density at radius 3 is 2.79 bits per heavy atom. The molecule has 1 atom stereocenters. The number of ether oxygens (including phenoxy) is 1. The van der Waals surface area contributed by atoms with Crippen LogP contribution in [0.3, 0.4) is 0 Å². The van der Waals surface area contributed by atoms with Crippen LogP contribution in [0.15, 0.2) is 30.3 Å². The number of piperazine rings is 1. The molecule has 128 valence electrons. The second-order valence-corrected chi connectivity index (χ2v) is 6.23. The number of fused-ring (bicyclic) bond motifs is 1. The molecule has 0 radical (unpaired) electrons. The molecule has 0 spiro atoms. The van der Waals surface area contributed by atoms with E-state index in [2.05, 4.69) is 21.5 Å². The number of H-pyrrole nitrogens is 1. The molecule has 2 aromatic rings. The van der Waals surface area contributed by atoms with Gasteiger partial charge in [0.1, 0.15) is 5.69 Å². The molecule has 1 saturated heterocycles. The van der Waals surface area contributed by atoms with E-state index in [9.17, 15) is 9.59 Å². The molecule has 1 aromatic heterocycles. The normalized spacial score (nSPS) is 18.8.